The fraction of sp³-hybridized carbons (Fsp3) is 0.389. The zero-order chi connectivity index (χ0) is 16.9. The van der Waals surface area contributed by atoms with E-state index in [1.807, 2.05) is 11.8 Å². The molecule has 3 rings (SSSR count). The molecule has 1 saturated heterocycles. The van der Waals surface area contributed by atoms with Crippen LogP contribution in [-0.4, -0.2) is 39.6 Å². The lowest BCUT2D eigenvalue weighted by molar-refractivity contribution is 0.0724. The van der Waals surface area contributed by atoms with Gasteiger partial charge in [-0.15, -0.1) is 0 Å². The molecule has 0 aliphatic carbocycles. The van der Waals surface area contributed by atoms with Crippen molar-refractivity contribution in [2.24, 2.45) is 0 Å². The number of likely N-dealkylation sites (tertiary alicyclic amines) is 1. The molecule has 2 amide bonds. The van der Waals surface area contributed by atoms with Gasteiger partial charge in [-0.2, -0.15) is 5.10 Å². The van der Waals surface area contributed by atoms with Crippen LogP contribution in [0.1, 0.15) is 46.9 Å². The quantitative estimate of drug-likeness (QED) is 0.939. The minimum absolute atomic E-state index is 0.0665. The van der Waals surface area contributed by atoms with E-state index in [0.717, 1.165) is 32.5 Å². The SMILES string of the molecule is CCn1cc(C(=O)Nc2ccc(C(=O)N3CCCCC3)cc2)cn1. The summed E-state index contributed by atoms with van der Waals surface area (Å²) in [7, 11) is 0. The molecule has 1 aromatic heterocycles. The molecule has 1 aliphatic heterocycles. The number of amides is 2. The zero-order valence-electron chi connectivity index (χ0n) is 13.9. The third-order valence-corrected chi connectivity index (χ3v) is 4.25. The molecule has 0 spiro atoms. The van der Waals surface area contributed by atoms with Crippen molar-refractivity contribution in [3.63, 3.8) is 0 Å². The van der Waals surface area contributed by atoms with E-state index in [0.29, 0.717) is 16.8 Å². The Hall–Kier alpha value is -2.63. The lowest BCUT2D eigenvalue weighted by atomic mass is 10.1. The van der Waals surface area contributed by atoms with Gasteiger partial charge in [-0.1, -0.05) is 0 Å². The molecule has 126 valence electrons. The fourth-order valence-corrected chi connectivity index (χ4v) is 2.83. The number of rotatable bonds is 4. The summed E-state index contributed by atoms with van der Waals surface area (Å²) in [6.07, 6.45) is 6.61. The predicted octanol–water partition coefficient (Wildman–Crippen LogP) is 2.78. The molecule has 0 unspecified atom stereocenters. The van der Waals surface area contributed by atoms with E-state index in [1.54, 1.807) is 41.3 Å². The summed E-state index contributed by atoms with van der Waals surface area (Å²) in [6.45, 7) is 4.35. The molecule has 0 saturated carbocycles. The summed E-state index contributed by atoms with van der Waals surface area (Å²) in [5.41, 5.74) is 1.85. The maximum absolute atomic E-state index is 12.4. The number of hydrogen-bond donors (Lipinski definition) is 1. The molecule has 24 heavy (non-hydrogen) atoms. The molecule has 6 nitrogen and oxygen atoms in total. The molecule has 2 heterocycles. The Kier molecular flexibility index (Phi) is 4.93. The highest BCUT2D eigenvalue weighted by molar-refractivity contribution is 6.04. The number of piperidine rings is 1. The maximum atomic E-state index is 12.4. The van der Waals surface area contributed by atoms with Crippen LogP contribution in [0.15, 0.2) is 36.7 Å². The Morgan fingerprint density at radius 3 is 2.42 bits per heavy atom. The molecule has 1 aromatic carbocycles. The van der Waals surface area contributed by atoms with Crippen molar-refractivity contribution in [2.75, 3.05) is 18.4 Å². The van der Waals surface area contributed by atoms with E-state index in [4.69, 9.17) is 0 Å². The van der Waals surface area contributed by atoms with Crippen LogP contribution in [0.5, 0.6) is 0 Å². The van der Waals surface area contributed by atoms with E-state index in [2.05, 4.69) is 10.4 Å². The fourth-order valence-electron chi connectivity index (χ4n) is 2.83. The van der Waals surface area contributed by atoms with Gasteiger partial charge in [-0.25, -0.2) is 0 Å². The Balaban J connectivity index is 1.63. The first-order valence-electron chi connectivity index (χ1n) is 8.40. The standard InChI is InChI=1S/C18H22N4O2/c1-2-22-13-15(12-19-22)17(23)20-16-8-6-14(7-9-16)18(24)21-10-4-3-5-11-21/h6-9,12-13H,2-5,10-11H2,1H3,(H,20,23). The molecular formula is C18H22N4O2. The summed E-state index contributed by atoms with van der Waals surface area (Å²) in [6, 6.07) is 7.06. The minimum Gasteiger partial charge on any atom is -0.339 e. The number of aromatic nitrogens is 2. The van der Waals surface area contributed by atoms with Gasteiger partial charge in [0, 0.05) is 37.1 Å². The van der Waals surface area contributed by atoms with Crippen LogP contribution in [0.4, 0.5) is 5.69 Å². The van der Waals surface area contributed by atoms with E-state index in [-0.39, 0.29) is 11.8 Å². The van der Waals surface area contributed by atoms with Crippen molar-refractivity contribution in [3.8, 4) is 0 Å². The highest BCUT2D eigenvalue weighted by Crippen LogP contribution is 2.16. The van der Waals surface area contributed by atoms with E-state index < -0.39 is 0 Å². The van der Waals surface area contributed by atoms with Crippen LogP contribution in [0.2, 0.25) is 0 Å². The number of carbonyl (C=O) groups is 2. The first-order valence-corrected chi connectivity index (χ1v) is 8.40. The van der Waals surface area contributed by atoms with Crippen LogP contribution in [0, 0.1) is 0 Å². The van der Waals surface area contributed by atoms with Gasteiger partial charge in [0.05, 0.1) is 11.8 Å². The second-order valence-electron chi connectivity index (χ2n) is 5.97. The van der Waals surface area contributed by atoms with E-state index in [9.17, 15) is 9.59 Å². The number of aryl methyl sites for hydroxylation is 1. The third-order valence-electron chi connectivity index (χ3n) is 4.25. The number of nitrogens with zero attached hydrogens (tertiary/aromatic N) is 3. The molecule has 2 aromatic rings. The molecule has 0 bridgehead atoms. The summed E-state index contributed by atoms with van der Waals surface area (Å²) in [5, 5.41) is 6.92. The van der Waals surface area contributed by atoms with Crippen molar-refractivity contribution < 1.29 is 9.59 Å². The summed E-state index contributed by atoms with van der Waals surface area (Å²) < 4.78 is 1.70. The maximum Gasteiger partial charge on any atom is 0.258 e. The largest absolute Gasteiger partial charge is 0.339 e. The molecule has 0 atom stereocenters. The van der Waals surface area contributed by atoms with Gasteiger partial charge in [-0.05, 0) is 50.5 Å². The Morgan fingerprint density at radius 1 is 1.08 bits per heavy atom. The zero-order valence-corrected chi connectivity index (χ0v) is 13.9. The predicted molar refractivity (Wildman–Crippen MR) is 92.1 cm³/mol. The normalized spacial score (nSPS) is 14.5. The second-order valence-corrected chi connectivity index (χ2v) is 5.97. The van der Waals surface area contributed by atoms with Gasteiger partial charge in [0.1, 0.15) is 0 Å². The van der Waals surface area contributed by atoms with Gasteiger partial charge >= 0.3 is 0 Å². The first-order chi connectivity index (χ1) is 11.7. The monoisotopic (exact) mass is 326 g/mol. The van der Waals surface area contributed by atoms with Crippen molar-refractivity contribution in [2.45, 2.75) is 32.7 Å². The smallest absolute Gasteiger partial charge is 0.258 e. The van der Waals surface area contributed by atoms with Crippen LogP contribution < -0.4 is 5.32 Å². The molecule has 6 heteroatoms. The van der Waals surface area contributed by atoms with Gasteiger partial charge in [0.15, 0.2) is 0 Å². The number of benzene rings is 1. The van der Waals surface area contributed by atoms with Gasteiger partial charge in [-0.3, -0.25) is 14.3 Å². The molecule has 1 N–H and O–H groups in total. The number of nitrogens with one attached hydrogen (secondary N) is 1. The summed E-state index contributed by atoms with van der Waals surface area (Å²) in [5.74, 6) is -0.137. The molecule has 0 radical (unpaired) electrons. The van der Waals surface area contributed by atoms with E-state index >= 15 is 0 Å². The molecule has 1 aliphatic rings. The van der Waals surface area contributed by atoms with Crippen LogP contribution in [0.25, 0.3) is 0 Å². The average molecular weight is 326 g/mol. The van der Waals surface area contributed by atoms with Gasteiger partial charge in [0.25, 0.3) is 11.8 Å². The van der Waals surface area contributed by atoms with Crippen molar-refractivity contribution in [1.29, 1.82) is 0 Å². The van der Waals surface area contributed by atoms with Gasteiger partial charge in [0.2, 0.25) is 0 Å². The Bertz CT molecular complexity index is 715. The highest BCUT2D eigenvalue weighted by Gasteiger charge is 2.18. The van der Waals surface area contributed by atoms with E-state index in [1.165, 1.54) is 6.42 Å². The summed E-state index contributed by atoms with van der Waals surface area (Å²) in [4.78, 5) is 26.5. The van der Waals surface area contributed by atoms with Crippen LogP contribution in [-0.2, 0) is 6.54 Å². The van der Waals surface area contributed by atoms with Crippen molar-refractivity contribution in [1.82, 2.24) is 14.7 Å². The molecule has 1 fully saturated rings. The Morgan fingerprint density at radius 2 is 1.79 bits per heavy atom. The highest BCUT2D eigenvalue weighted by atomic mass is 16.2. The number of anilines is 1. The van der Waals surface area contributed by atoms with Gasteiger partial charge < -0.3 is 10.2 Å². The topological polar surface area (TPSA) is 67.2 Å². The van der Waals surface area contributed by atoms with Crippen molar-refractivity contribution >= 4 is 17.5 Å². The lowest BCUT2D eigenvalue weighted by Crippen LogP contribution is -2.35. The average Bonchev–Trinajstić information content (AvgIpc) is 3.12. The molecular weight excluding hydrogens is 304 g/mol. The minimum atomic E-state index is -0.204. The first kappa shape index (κ1) is 16.2. The number of hydrogen-bond acceptors (Lipinski definition) is 3. The lowest BCUT2D eigenvalue weighted by Gasteiger charge is -2.26. The van der Waals surface area contributed by atoms with Crippen molar-refractivity contribution in [3.05, 3.63) is 47.8 Å². The number of carbonyl (C=O) groups excluding carboxylic acids is 2. The second kappa shape index (κ2) is 7.29. The van der Waals surface area contributed by atoms with Crippen LogP contribution in [0.3, 0.4) is 0 Å². The van der Waals surface area contributed by atoms with Crippen LogP contribution >= 0.6 is 0 Å². The third kappa shape index (κ3) is 3.64. The summed E-state index contributed by atoms with van der Waals surface area (Å²) >= 11 is 0. The Labute approximate surface area is 141 Å².